The number of unbranched alkanes of at least 4 members (excludes halogenated alkanes) is 2. The summed E-state index contributed by atoms with van der Waals surface area (Å²) < 4.78 is 5.18. The SMILES string of the molecule is CCCOCC(=O)N(C)CCCCCCl. The highest BCUT2D eigenvalue weighted by Crippen LogP contribution is 1.99. The Labute approximate surface area is 97.7 Å². The van der Waals surface area contributed by atoms with Crippen molar-refractivity contribution in [2.75, 3.05) is 32.7 Å². The van der Waals surface area contributed by atoms with Gasteiger partial charge in [0.1, 0.15) is 6.61 Å². The van der Waals surface area contributed by atoms with Gasteiger partial charge in [0.25, 0.3) is 0 Å². The van der Waals surface area contributed by atoms with E-state index in [1.54, 1.807) is 4.90 Å². The maximum atomic E-state index is 11.5. The Hall–Kier alpha value is -0.280. The molecule has 0 aliphatic heterocycles. The average Bonchev–Trinajstić information content (AvgIpc) is 2.24. The Morgan fingerprint density at radius 1 is 1.33 bits per heavy atom. The van der Waals surface area contributed by atoms with Crippen LogP contribution in [0, 0.1) is 0 Å². The number of ether oxygens (including phenoxy) is 1. The molecule has 0 bridgehead atoms. The van der Waals surface area contributed by atoms with Crippen LogP contribution in [-0.4, -0.2) is 43.5 Å². The summed E-state index contributed by atoms with van der Waals surface area (Å²) in [6, 6.07) is 0. The van der Waals surface area contributed by atoms with E-state index in [9.17, 15) is 4.79 Å². The molecule has 0 N–H and O–H groups in total. The second kappa shape index (κ2) is 10.2. The topological polar surface area (TPSA) is 29.5 Å². The van der Waals surface area contributed by atoms with Crippen molar-refractivity contribution in [3.05, 3.63) is 0 Å². The number of carbonyl (C=O) groups excluding carboxylic acids is 1. The number of alkyl halides is 1. The lowest BCUT2D eigenvalue weighted by molar-refractivity contribution is -0.134. The maximum Gasteiger partial charge on any atom is 0.248 e. The molecule has 15 heavy (non-hydrogen) atoms. The minimum Gasteiger partial charge on any atom is -0.372 e. The Bertz CT molecular complexity index is 165. The van der Waals surface area contributed by atoms with E-state index in [0.29, 0.717) is 12.5 Å². The van der Waals surface area contributed by atoms with Gasteiger partial charge in [-0.1, -0.05) is 13.3 Å². The van der Waals surface area contributed by atoms with Crippen LogP contribution in [0.4, 0.5) is 0 Å². The smallest absolute Gasteiger partial charge is 0.248 e. The standard InChI is InChI=1S/C11H22ClNO2/c1-3-9-15-10-11(14)13(2)8-6-4-5-7-12/h3-10H2,1-2H3. The summed E-state index contributed by atoms with van der Waals surface area (Å²) in [5, 5.41) is 0. The summed E-state index contributed by atoms with van der Waals surface area (Å²) >= 11 is 5.56. The van der Waals surface area contributed by atoms with E-state index in [0.717, 1.165) is 32.2 Å². The highest BCUT2D eigenvalue weighted by Gasteiger charge is 2.07. The van der Waals surface area contributed by atoms with Crippen molar-refractivity contribution in [1.82, 2.24) is 4.90 Å². The fraction of sp³-hybridized carbons (Fsp3) is 0.909. The fourth-order valence-corrected chi connectivity index (χ4v) is 1.35. The summed E-state index contributed by atoms with van der Waals surface area (Å²) in [4.78, 5) is 13.2. The highest BCUT2D eigenvalue weighted by molar-refractivity contribution is 6.17. The molecule has 1 amide bonds. The average molecular weight is 236 g/mol. The van der Waals surface area contributed by atoms with E-state index in [1.807, 2.05) is 14.0 Å². The summed E-state index contributed by atoms with van der Waals surface area (Å²) in [7, 11) is 1.82. The lowest BCUT2D eigenvalue weighted by atomic mass is 10.2. The zero-order chi connectivity index (χ0) is 11.5. The second-order valence-electron chi connectivity index (χ2n) is 3.62. The first-order valence-corrected chi connectivity index (χ1v) is 6.13. The highest BCUT2D eigenvalue weighted by atomic mass is 35.5. The van der Waals surface area contributed by atoms with Crippen molar-refractivity contribution in [1.29, 1.82) is 0 Å². The first kappa shape index (κ1) is 14.7. The van der Waals surface area contributed by atoms with Crippen LogP contribution in [-0.2, 0) is 9.53 Å². The molecule has 3 nitrogen and oxygen atoms in total. The van der Waals surface area contributed by atoms with Crippen LogP contribution in [0.1, 0.15) is 32.6 Å². The third-order valence-electron chi connectivity index (χ3n) is 2.13. The van der Waals surface area contributed by atoms with Gasteiger partial charge in [-0.05, 0) is 19.3 Å². The summed E-state index contributed by atoms with van der Waals surface area (Å²) in [5.41, 5.74) is 0. The van der Waals surface area contributed by atoms with E-state index in [-0.39, 0.29) is 12.5 Å². The number of hydrogen-bond acceptors (Lipinski definition) is 2. The molecule has 0 aromatic rings. The lowest BCUT2D eigenvalue weighted by Crippen LogP contribution is -2.31. The van der Waals surface area contributed by atoms with Crippen molar-refractivity contribution >= 4 is 17.5 Å². The molecule has 0 aliphatic rings. The van der Waals surface area contributed by atoms with Crippen LogP contribution in [0.3, 0.4) is 0 Å². The van der Waals surface area contributed by atoms with Crippen LogP contribution in [0.2, 0.25) is 0 Å². The molecular formula is C11H22ClNO2. The van der Waals surface area contributed by atoms with Gasteiger partial charge in [0.15, 0.2) is 0 Å². The molecule has 0 unspecified atom stereocenters. The Morgan fingerprint density at radius 3 is 2.67 bits per heavy atom. The second-order valence-corrected chi connectivity index (χ2v) is 4.00. The van der Waals surface area contributed by atoms with Crippen molar-refractivity contribution < 1.29 is 9.53 Å². The minimum absolute atomic E-state index is 0.0642. The molecule has 0 saturated carbocycles. The van der Waals surface area contributed by atoms with Gasteiger partial charge in [0.05, 0.1) is 0 Å². The lowest BCUT2D eigenvalue weighted by Gasteiger charge is -2.16. The quantitative estimate of drug-likeness (QED) is 0.453. The largest absolute Gasteiger partial charge is 0.372 e. The Kier molecular flexibility index (Phi) is 10.1. The van der Waals surface area contributed by atoms with Gasteiger partial charge in [0.2, 0.25) is 5.91 Å². The number of hydrogen-bond donors (Lipinski definition) is 0. The van der Waals surface area contributed by atoms with Gasteiger partial charge in [-0.2, -0.15) is 0 Å². The van der Waals surface area contributed by atoms with Gasteiger partial charge in [-0.15, -0.1) is 11.6 Å². The van der Waals surface area contributed by atoms with E-state index in [1.165, 1.54) is 0 Å². The van der Waals surface area contributed by atoms with E-state index >= 15 is 0 Å². The summed E-state index contributed by atoms with van der Waals surface area (Å²) in [6.07, 6.45) is 4.07. The summed E-state index contributed by atoms with van der Waals surface area (Å²) in [5.74, 6) is 0.770. The van der Waals surface area contributed by atoms with Crippen LogP contribution in [0.25, 0.3) is 0 Å². The molecular weight excluding hydrogens is 214 g/mol. The molecule has 4 heteroatoms. The third-order valence-corrected chi connectivity index (χ3v) is 2.39. The van der Waals surface area contributed by atoms with Gasteiger partial charge >= 0.3 is 0 Å². The molecule has 0 atom stereocenters. The Morgan fingerprint density at radius 2 is 2.07 bits per heavy atom. The van der Waals surface area contributed by atoms with Crippen LogP contribution >= 0.6 is 11.6 Å². The molecule has 0 radical (unpaired) electrons. The molecule has 0 aliphatic carbocycles. The number of nitrogens with zero attached hydrogens (tertiary/aromatic N) is 1. The number of amides is 1. The van der Waals surface area contributed by atoms with E-state index in [2.05, 4.69) is 0 Å². The third kappa shape index (κ3) is 8.70. The van der Waals surface area contributed by atoms with Crippen molar-refractivity contribution in [2.24, 2.45) is 0 Å². The van der Waals surface area contributed by atoms with Gasteiger partial charge in [0, 0.05) is 26.1 Å². The number of halogens is 1. The number of rotatable bonds is 9. The molecule has 0 aromatic carbocycles. The predicted molar refractivity (Wildman–Crippen MR) is 63.3 cm³/mol. The van der Waals surface area contributed by atoms with Crippen LogP contribution in [0.15, 0.2) is 0 Å². The molecule has 0 aromatic heterocycles. The van der Waals surface area contributed by atoms with Crippen molar-refractivity contribution in [3.8, 4) is 0 Å². The molecule has 0 saturated heterocycles. The summed E-state index contributed by atoms with van der Waals surface area (Å²) in [6.45, 7) is 3.69. The van der Waals surface area contributed by atoms with Crippen LogP contribution < -0.4 is 0 Å². The molecule has 0 rings (SSSR count). The monoisotopic (exact) mass is 235 g/mol. The number of likely N-dealkylation sites (N-methyl/N-ethyl adjacent to an activating group) is 1. The van der Waals surface area contributed by atoms with E-state index < -0.39 is 0 Å². The van der Waals surface area contributed by atoms with Gasteiger partial charge in [-0.3, -0.25) is 4.79 Å². The molecule has 0 fully saturated rings. The first-order valence-electron chi connectivity index (χ1n) is 5.60. The van der Waals surface area contributed by atoms with E-state index in [4.69, 9.17) is 16.3 Å². The predicted octanol–water partition coefficient (Wildman–Crippen LogP) is 2.28. The zero-order valence-corrected chi connectivity index (χ0v) is 10.6. The normalized spacial score (nSPS) is 10.3. The molecule has 0 spiro atoms. The zero-order valence-electron chi connectivity index (χ0n) is 9.80. The number of carbonyl (C=O) groups is 1. The van der Waals surface area contributed by atoms with Crippen molar-refractivity contribution in [3.63, 3.8) is 0 Å². The minimum atomic E-state index is 0.0642. The molecule has 0 heterocycles. The van der Waals surface area contributed by atoms with Gasteiger partial charge < -0.3 is 9.64 Å². The molecule has 90 valence electrons. The maximum absolute atomic E-state index is 11.5. The fourth-order valence-electron chi connectivity index (χ4n) is 1.16. The van der Waals surface area contributed by atoms with Gasteiger partial charge in [-0.25, -0.2) is 0 Å². The van der Waals surface area contributed by atoms with Crippen molar-refractivity contribution in [2.45, 2.75) is 32.6 Å². The first-order chi connectivity index (χ1) is 7.22. The Balaban J connectivity index is 3.42. The van der Waals surface area contributed by atoms with Crippen LogP contribution in [0.5, 0.6) is 0 Å².